The predicted octanol–water partition coefficient (Wildman–Crippen LogP) is 15.4. The normalized spacial score (nSPS) is 13.2. The summed E-state index contributed by atoms with van der Waals surface area (Å²) in [6, 6.07) is 59.1. The van der Waals surface area contributed by atoms with Crippen molar-refractivity contribution in [3.63, 3.8) is 0 Å². The first-order valence-corrected chi connectivity index (χ1v) is 24.1. The zero-order valence-electron chi connectivity index (χ0n) is 38.8. The van der Waals surface area contributed by atoms with Crippen molar-refractivity contribution in [2.45, 2.75) is 26.2 Å². The van der Waals surface area contributed by atoms with Gasteiger partial charge in [-0.15, -0.1) is 0 Å². The highest BCUT2D eigenvalue weighted by Crippen LogP contribution is 2.46. The third-order valence-electron chi connectivity index (χ3n) is 15.3. The summed E-state index contributed by atoms with van der Waals surface area (Å²) in [6.07, 6.45) is 12.7. The molecular formula is C63H48N6. The van der Waals surface area contributed by atoms with Gasteiger partial charge in [-0.25, -0.2) is 0 Å². The van der Waals surface area contributed by atoms with Gasteiger partial charge in [0.1, 0.15) is 0 Å². The van der Waals surface area contributed by atoms with Crippen molar-refractivity contribution < 1.29 is 0 Å². The third kappa shape index (κ3) is 5.69. The second-order valence-corrected chi connectivity index (χ2v) is 18.9. The number of rotatable bonds is 6. The van der Waals surface area contributed by atoms with Crippen LogP contribution in [0.5, 0.6) is 0 Å². The van der Waals surface area contributed by atoms with Crippen LogP contribution < -0.4 is 5.73 Å². The number of aryl methyl sites for hydroxylation is 4. The molecule has 0 aliphatic heterocycles. The fourth-order valence-corrected chi connectivity index (χ4v) is 12.0. The molecule has 69 heavy (non-hydrogen) atoms. The van der Waals surface area contributed by atoms with Gasteiger partial charge in [0, 0.05) is 91.6 Å². The van der Waals surface area contributed by atoms with Crippen LogP contribution in [0.2, 0.25) is 0 Å². The van der Waals surface area contributed by atoms with Crippen LogP contribution in [-0.2, 0) is 26.9 Å². The number of hydrogen-bond donors (Lipinski definition) is 1. The Morgan fingerprint density at radius 2 is 1.09 bits per heavy atom. The smallest absolute Gasteiger partial charge is 0.0645 e. The van der Waals surface area contributed by atoms with E-state index in [1.165, 1.54) is 121 Å². The number of aromatic nitrogens is 5. The highest BCUT2D eigenvalue weighted by molar-refractivity contribution is 6.17. The van der Waals surface area contributed by atoms with Crippen molar-refractivity contribution >= 4 is 92.9 Å². The Morgan fingerprint density at radius 1 is 0.522 bits per heavy atom. The van der Waals surface area contributed by atoms with Gasteiger partial charge in [0.15, 0.2) is 0 Å². The monoisotopic (exact) mass is 888 g/mol. The maximum Gasteiger partial charge on any atom is 0.0645 e. The van der Waals surface area contributed by atoms with Crippen molar-refractivity contribution in [1.82, 2.24) is 23.3 Å². The lowest BCUT2D eigenvalue weighted by atomic mass is 9.83. The number of fused-ring (bicyclic) bond motifs is 16. The highest BCUT2D eigenvalue weighted by Gasteiger charge is 2.26. The molecule has 2 N–H and O–H groups in total. The molecule has 5 aromatic heterocycles. The van der Waals surface area contributed by atoms with Crippen LogP contribution >= 0.6 is 0 Å². The number of para-hydroxylation sites is 2. The van der Waals surface area contributed by atoms with Crippen LogP contribution in [0.3, 0.4) is 0 Å². The van der Waals surface area contributed by atoms with Crippen LogP contribution in [0.4, 0.5) is 0 Å². The van der Waals surface area contributed by atoms with Crippen LogP contribution in [0.15, 0.2) is 188 Å². The molecule has 330 valence electrons. The number of hydrogen-bond acceptors (Lipinski definition) is 2. The van der Waals surface area contributed by atoms with Gasteiger partial charge in [-0.2, -0.15) is 0 Å². The molecule has 0 atom stereocenters. The lowest BCUT2D eigenvalue weighted by Gasteiger charge is -2.23. The fraction of sp³-hybridized carbons (Fsp3) is 0.0952. The van der Waals surface area contributed by atoms with E-state index in [-0.39, 0.29) is 0 Å². The van der Waals surface area contributed by atoms with Gasteiger partial charge in [-0.3, -0.25) is 4.98 Å². The van der Waals surface area contributed by atoms with Gasteiger partial charge in [0.25, 0.3) is 0 Å². The van der Waals surface area contributed by atoms with E-state index in [0.717, 1.165) is 41.7 Å². The van der Waals surface area contributed by atoms with Gasteiger partial charge < -0.3 is 24.0 Å². The van der Waals surface area contributed by atoms with Crippen LogP contribution in [0.25, 0.3) is 132 Å². The second kappa shape index (κ2) is 14.9. The topological polar surface area (TPSA) is 58.6 Å². The molecule has 0 saturated heterocycles. The quantitative estimate of drug-likeness (QED) is 0.169. The van der Waals surface area contributed by atoms with Crippen molar-refractivity contribution in [1.29, 1.82) is 0 Å². The summed E-state index contributed by atoms with van der Waals surface area (Å²) in [5.74, 6) is 0. The van der Waals surface area contributed by atoms with Gasteiger partial charge in [0.05, 0.1) is 39.6 Å². The Kier molecular flexibility index (Phi) is 8.57. The van der Waals surface area contributed by atoms with Crippen molar-refractivity contribution in [3.8, 4) is 39.1 Å². The SMILES string of the molecule is CC/C=C\C(=C/N)n1c2ccc(-c3ccc4c(c3)c3ccccc3n4C)cc2c2cc3c(cc21)-c1ccc2c4cc(-c5ccc6c(c5)c5ccccc5n6C)ccc4n(-c4cccnc4)c2c1CC3. The minimum absolute atomic E-state index is 0.917. The summed E-state index contributed by atoms with van der Waals surface area (Å²) >= 11 is 0. The zero-order chi connectivity index (χ0) is 46.1. The Balaban J connectivity index is 0.966. The van der Waals surface area contributed by atoms with E-state index in [1.54, 1.807) is 6.20 Å². The van der Waals surface area contributed by atoms with Gasteiger partial charge in [-0.05, 0) is 155 Å². The van der Waals surface area contributed by atoms with E-state index in [1.807, 2.05) is 18.5 Å². The molecule has 14 rings (SSSR count). The molecule has 8 aromatic carbocycles. The molecule has 0 bridgehead atoms. The molecule has 6 heteroatoms. The molecule has 0 spiro atoms. The van der Waals surface area contributed by atoms with E-state index in [2.05, 4.69) is 208 Å². The Labute approximate surface area is 399 Å². The zero-order valence-corrected chi connectivity index (χ0v) is 38.8. The van der Waals surface area contributed by atoms with Crippen LogP contribution in [0, 0.1) is 0 Å². The number of nitrogens with two attached hydrogens (primary N) is 1. The number of nitrogens with zero attached hydrogens (tertiary/aromatic N) is 5. The molecule has 1 aliphatic carbocycles. The predicted molar refractivity (Wildman–Crippen MR) is 291 cm³/mol. The summed E-state index contributed by atoms with van der Waals surface area (Å²) in [6.45, 7) is 2.17. The largest absolute Gasteiger partial charge is 0.403 e. The number of allylic oxidation sites excluding steroid dienone is 3. The molecule has 0 fully saturated rings. The van der Waals surface area contributed by atoms with Crippen LogP contribution in [0.1, 0.15) is 24.5 Å². The Morgan fingerprint density at radius 3 is 1.70 bits per heavy atom. The third-order valence-corrected chi connectivity index (χ3v) is 15.3. The first-order valence-electron chi connectivity index (χ1n) is 24.1. The highest BCUT2D eigenvalue weighted by atomic mass is 15.0. The van der Waals surface area contributed by atoms with Gasteiger partial charge in [-0.1, -0.05) is 85.8 Å². The van der Waals surface area contributed by atoms with E-state index in [9.17, 15) is 0 Å². The van der Waals surface area contributed by atoms with E-state index in [4.69, 9.17) is 5.73 Å². The maximum absolute atomic E-state index is 6.54. The molecule has 0 unspecified atom stereocenters. The van der Waals surface area contributed by atoms with Gasteiger partial charge >= 0.3 is 0 Å². The molecule has 0 amide bonds. The minimum Gasteiger partial charge on any atom is -0.403 e. The fourth-order valence-electron chi connectivity index (χ4n) is 12.0. The molecule has 5 heterocycles. The summed E-state index contributed by atoms with van der Waals surface area (Å²) in [5, 5.41) is 10.1. The van der Waals surface area contributed by atoms with E-state index in [0.29, 0.717) is 0 Å². The van der Waals surface area contributed by atoms with Crippen molar-refractivity contribution in [2.75, 3.05) is 0 Å². The maximum atomic E-state index is 6.54. The lowest BCUT2D eigenvalue weighted by Crippen LogP contribution is -2.07. The molecule has 1 aliphatic rings. The minimum atomic E-state index is 0.917. The molecule has 0 radical (unpaired) electrons. The summed E-state index contributed by atoms with van der Waals surface area (Å²) < 4.78 is 9.42. The summed E-state index contributed by atoms with van der Waals surface area (Å²) in [7, 11) is 4.32. The number of benzene rings is 8. The van der Waals surface area contributed by atoms with Crippen molar-refractivity contribution in [2.24, 2.45) is 19.8 Å². The van der Waals surface area contributed by atoms with E-state index < -0.39 is 0 Å². The van der Waals surface area contributed by atoms with Crippen LogP contribution in [-0.4, -0.2) is 23.3 Å². The van der Waals surface area contributed by atoms with Crippen molar-refractivity contribution in [3.05, 3.63) is 200 Å². The first-order chi connectivity index (χ1) is 34.0. The lowest BCUT2D eigenvalue weighted by molar-refractivity contribution is 0.944. The summed E-state index contributed by atoms with van der Waals surface area (Å²) in [5.41, 5.74) is 28.4. The Hall–Kier alpha value is -8.61. The standard InChI is InChI=1S/C63H48N6/c1-4-5-11-43(36-64)68-60-27-20-41(39-19-26-59-52(31-39)47-14-7-9-16-57(47)67(59)3)33-54(60)55-34-42-17-22-48-45(50(42)35-62(55)68)23-24-49-53-32-40(21-28-61(53)69(63(48)49)44-12-10-29-65-37-44)38-18-25-58-51(30-38)46-13-6-8-15-56(46)66(58)2/h5-16,18-21,23-37H,4,17,22,64H2,1-3H3/b11-5-,43-36+. The first kappa shape index (κ1) is 39.5. The molecular weight excluding hydrogens is 841 g/mol. The second-order valence-electron chi connectivity index (χ2n) is 18.9. The molecule has 0 saturated carbocycles. The van der Waals surface area contributed by atoms with Gasteiger partial charge in [0.2, 0.25) is 0 Å². The summed E-state index contributed by atoms with van der Waals surface area (Å²) in [4.78, 5) is 4.64. The molecule has 6 nitrogen and oxygen atoms in total. The van der Waals surface area contributed by atoms with E-state index >= 15 is 0 Å². The number of pyridine rings is 1. The average molecular weight is 889 g/mol. The molecule has 13 aromatic rings. The average Bonchev–Trinajstić information content (AvgIpc) is 4.10. The Bertz CT molecular complexity index is 4380.